The number of rotatable bonds is 11. The SMILES string of the molecule is CCCCCCCCCCOc1ccc(Br)cc1CN. The molecule has 114 valence electrons. The average molecular weight is 342 g/mol. The molecule has 0 bridgehead atoms. The molecule has 0 atom stereocenters. The Morgan fingerprint density at radius 2 is 1.65 bits per heavy atom. The van der Waals surface area contributed by atoms with Crippen LogP contribution >= 0.6 is 15.9 Å². The van der Waals surface area contributed by atoms with Crippen molar-refractivity contribution < 1.29 is 4.74 Å². The highest BCUT2D eigenvalue weighted by Gasteiger charge is 2.02. The van der Waals surface area contributed by atoms with Crippen molar-refractivity contribution in [1.29, 1.82) is 0 Å². The molecule has 0 amide bonds. The number of nitrogens with two attached hydrogens (primary N) is 1. The smallest absolute Gasteiger partial charge is 0.123 e. The van der Waals surface area contributed by atoms with Gasteiger partial charge in [0, 0.05) is 16.6 Å². The molecule has 0 fully saturated rings. The molecule has 0 unspecified atom stereocenters. The maximum atomic E-state index is 5.83. The van der Waals surface area contributed by atoms with Crippen molar-refractivity contribution in [1.82, 2.24) is 0 Å². The van der Waals surface area contributed by atoms with Gasteiger partial charge in [0.05, 0.1) is 6.61 Å². The molecule has 0 radical (unpaired) electrons. The summed E-state index contributed by atoms with van der Waals surface area (Å²) >= 11 is 3.45. The highest BCUT2D eigenvalue weighted by molar-refractivity contribution is 9.10. The third-order valence-electron chi connectivity index (χ3n) is 3.50. The first-order chi connectivity index (χ1) is 9.77. The van der Waals surface area contributed by atoms with Gasteiger partial charge in [0.15, 0.2) is 0 Å². The Labute approximate surface area is 132 Å². The summed E-state index contributed by atoms with van der Waals surface area (Å²) in [6.07, 6.45) is 10.6. The molecule has 2 N–H and O–H groups in total. The lowest BCUT2D eigenvalue weighted by Gasteiger charge is -2.10. The predicted octanol–water partition coefficient (Wildman–Crippen LogP) is 5.43. The van der Waals surface area contributed by atoms with E-state index in [2.05, 4.69) is 22.9 Å². The van der Waals surface area contributed by atoms with Crippen molar-refractivity contribution in [3.63, 3.8) is 0 Å². The van der Waals surface area contributed by atoms with Crippen LogP contribution in [0.4, 0.5) is 0 Å². The van der Waals surface area contributed by atoms with E-state index in [-0.39, 0.29) is 0 Å². The lowest BCUT2D eigenvalue weighted by Crippen LogP contribution is -2.03. The van der Waals surface area contributed by atoms with Crippen molar-refractivity contribution in [3.8, 4) is 5.75 Å². The Kier molecular flexibility index (Phi) is 9.77. The van der Waals surface area contributed by atoms with Crippen LogP contribution in [-0.4, -0.2) is 6.61 Å². The third-order valence-corrected chi connectivity index (χ3v) is 3.99. The van der Waals surface area contributed by atoms with Crippen LogP contribution in [-0.2, 0) is 6.54 Å². The third kappa shape index (κ3) is 7.30. The quantitative estimate of drug-likeness (QED) is 0.545. The van der Waals surface area contributed by atoms with Crippen LogP contribution < -0.4 is 10.5 Å². The van der Waals surface area contributed by atoms with Crippen LogP contribution in [0, 0.1) is 0 Å². The van der Waals surface area contributed by atoms with Gasteiger partial charge in [-0.05, 0) is 24.6 Å². The van der Waals surface area contributed by atoms with Crippen molar-refractivity contribution in [2.75, 3.05) is 6.61 Å². The second kappa shape index (κ2) is 11.2. The fourth-order valence-electron chi connectivity index (χ4n) is 2.27. The number of benzene rings is 1. The zero-order valence-corrected chi connectivity index (χ0v) is 14.3. The second-order valence-corrected chi connectivity index (χ2v) is 6.20. The van der Waals surface area contributed by atoms with Gasteiger partial charge in [-0.2, -0.15) is 0 Å². The highest BCUT2D eigenvalue weighted by Crippen LogP contribution is 2.23. The van der Waals surface area contributed by atoms with Gasteiger partial charge in [0.2, 0.25) is 0 Å². The van der Waals surface area contributed by atoms with E-state index < -0.39 is 0 Å². The Balaban J connectivity index is 2.09. The van der Waals surface area contributed by atoms with Crippen LogP contribution in [0.15, 0.2) is 22.7 Å². The minimum Gasteiger partial charge on any atom is -0.493 e. The fraction of sp³-hybridized carbons (Fsp3) is 0.647. The minimum atomic E-state index is 0.520. The van der Waals surface area contributed by atoms with Gasteiger partial charge in [-0.15, -0.1) is 0 Å². The summed E-state index contributed by atoms with van der Waals surface area (Å²) < 4.78 is 6.88. The van der Waals surface area contributed by atoms with Gasteiger partial charge in [-0.3, -0.25) is 0 Å². The number of unbranched alkanes of at least 4 members (excludes halogenated alkanes) is 7. The van der Waals surface area contributed by atoms with E-state index in [0.29, 0.717) is 6.54 Å². The van der Waals surface area contributed by atoms with Crippen LogP contribution in [0.5, 0.6) is 5.75 Å². The first-order valence-electron chi connectivity index (χ1n) is 7.89. The molecule has 0 aliphatic heterocycles. The van der Waals surface area contributed by atoms with Gasteiger partial charge in [-0.1, -0.05) is 67.8 Å². The molecule has 0 aliphatic rings. The maximum absolute atomic E-state index is 5.83. The summed E-state index contributed by atoms with van der Waals surface area (Å²) in [5.41, 5.74) is 6.80. The monoisotopic (exact) mass is 341 g/mol. The van der Waals surface area contributed by atoms with E-state index in [1.165, 1.54) is 44.9 Å². The van der Waals surface area contributed by atoms with Crippen LogP contribution in [0.2, 0.25) is 0 Å². The number of hydrogen-bond acceptors (Lipinski definition) is 2. The molecule has 0 aliphatic carbocycles. The van der Waals surface area contributed by atoms with E-state index in [1.807, 2.05) is 18.2 Å². The maximum Gasteiger partial charge on any atom is 0.123 e. The molecule has 0 saturated carbocycles. The van der Waals surface area contributed by atoms with E-state index in [1.54, 1.807) is 0 Å². The lowest BCUT2D eigenvalue weighted by molar-refractivity contribution is 0.301. The Bertz CT molecular complexity index is 368. The van der Waals surface area contributed by atoms with Gasteiger partial charge < -0.3 is 10.5 Å². The number of ether oxygens (including phenoxy) is 1. The molecule has 0 saturated heterocycles. The summed E-state index contributed by atoms with van der Waals surface area (Å²) in [7, 11) is 0. The Morgan fingerprint density at radius 3 is 2.30 bits per heavy atom. The first kappa shape index (κ1) is 17.5. The molecule has 0 spiro atoms. The molecule has 3 heteroatoms. The molecular weight excluding hydrogens is 314 g/mol. The van der Waals surface area contributed by atoms with Gasteiger partial charge >= 0.3 is 0 Å². The largest absolute Gasteiger partial charge is 0.493 e. The predicted molar refractivity (Wildman–Crippen MR) is 90.1 cm³/mol. The van der Waals surface area contributed by atoms with Crippen molar-refractivity contribution in [3.05, 3.63) is 28.2 Å². The normalized spacial score (nSPS) is 10.8. The van der Waals surface area contributed by atoms with Crippen molar-refractivity contribution in [2.45, 2.75) is 64.8 Å². The van der Waals surface area contributed by atoms with E-state index >= 15 is 0 Å². The standard InChI is InChI=1S/C17H28BrNO/c1-2-3-4-5-6-7-8-9-12-20-17-11-10-16(18)13-15(17)14-19/h10-11,13H,2-9,12,14,19H2,1H3. The lowest BCUT2D eigenvalue weighted by atomic mass is 10.1. The molecule has 1 aromatic rings. The molecule has 1 aromatic carbocycles. The van der Waals surface area contributed by atoms with E-state index in [4.69, 9.17) is 10.5 Å². The minimum absolute atomic E-state index is 0.520. The number of halogens is 1. The molecule has 0 heterocycles. The Hall–Kier alpha value is -0.540. The van der Waals surface area contributed by atoms with E-state index in [9.17, 15) is 0 Å². The zero-order chi connectivity index (χ0) is 14.6. The summed E-state index contributed by atoms with van der Waals surface area (Å²) in [6, 6.07) is 6.03. The Morgan fingerprint density at radius 1 is 1.00 bits per heavy atom. The molecular formula is C17H28BrNO. The fourth-order valence-corrected chi connectivity index (χ4v) is 2.67. The first-order valence-corrected chi connectivity index (χ1v) is 8.68. The molecule has 0 aromatic heterocycles. The summed E-state index contributed by atoms with van der Waals surface area (Å²) in [5.74, 6) is 0.929. The second-order valence-electron chi connectivity index (χ2n) is 5.28. The highest BCUT2D eigenvalue weighted by atomic mass is 79.9. The van der Waals surface area contributed by atoms with E-state index in [0.717, 1.165) is 28.8 Å². The zero-order valence-electron chi connectivity index (χ0n) is 12.7. The summed E-state index contributed by atoms with van der Waals surface area (Å²) in [4.78, 5) is 0. The van der Waals surface area contributed by atoms with Gasteiger partial charge in [0.1, 0.15) is 5.75 Å². The average Bonchev–Trinajstić information content (AvgIpc) is 2.46. The van der Waals surface area contributed by atoms with Gasteiger partial charge in [0.25, 0.3) is 0 Å². The molecule has 1 rings (SSSR count). The van der Waals surface area contributed by atoms with Crippen molar-refractivity contribution in [2.24, 2.45) is 5.73 Å². The topological polar surface area (TPSA) is 35.2 Å². The van der Waals surface area contributed by atoms with Crippen LogP contribution in [0.1, 0.15) is 63.9 Å². The van der Waals surface area contributed by atoms with Crippen LogP contribution in [0.25, 0.3) is 0 Å². The molecule has 20 heavy (non-hydrogen) atoms. The number of hydrogen-bond donors (Lipinski definition) is 1. The van der Waals surface area contributed by atoms with Gasteiger partial charge in [-0.25, -0.2) is 0 Å². The van der Waals surface area contributed by atoms with Crippen LogP contribution in [0.3, 0.4) is 0 Å². The summed E-state index contributed by atoms with van der Waals surface area (Å²) in [5, 5.41) is 0. The van der Waals surface area contributed by atoms with Crippen molar-refractivity contribution >= 4 is 15.9 Å². The summed E-state index contributed by atoms with van der Waals surface area (Å²) in [6.45, 7) is 3.57. The molecule has 2 nitrogen and oxygen atoms in total.